The van der Waals surface area contributed by atoms with Crippen LogP contribution in [0.25, 0.3) is 0 Å². The lowest BCUT2D eigenvalue weighted by atomic mass is 10.1. The molecule has 2 atom stereocenters. The van der Waals surface area contributed by atoms with Crippen LogP contribution in [0.4, 0.5) is 5.82 Å². The summed E-state index contributed by atoms with van der Waals surface area (Å²) in [5.74, 6) is 0.780. The highest BCUT2D eigenvalue weighted by Crippen LogP contribution is 2.28. The van der Waals surface area contributed by atoms with Crippen LogP contribution in [0, 0.1) is 0 Å². The molecule has 1 aliphatic rings. The largest absolute Gasteiger partial charge is 0.353 e. The molecular weight excluding hydrogens is 306 g/mol. The number of pyridine rings is 1. The molecule has 3 rings (SSSR count). The second-order valence-corrected chi connectivity index (χ2v) is 6.15. The maximum atomic E-state index is 11.8. The summed E-state index contributed by atoms with van der Waals surface area (Å²) in [5, 5.41) is 10.9. The lowest BCUT2D eigenvalue weighted by molar-refractivity contribution is 0.0955. The predicted molar refractivity (Wildman–Crippen MR) is 91.0 cm³/mol. The number of carbonyl (C=O) groups excluding carboxylic acids is 1. The summed E-state index contributed by atoms with van der Waals surface area (Å²) >= 11 is 0. The van der Waals surface area contributed by atoms with Crippen LogP contribution in [0.5, 0.6) is 0 Å². The Kier molecular flexibility index (Phi) is 4.75. The van der Waals surface area contributed by atoms with Crippen LogP contribution < -0.4 is 10.2 Å². The van der Waals surface area contributed by atoms with Gasteiger partial charge in [0.1, 0.15) is 5.82 Å². The maximum Gasteiger partial charge on any atom is 0.252 e. The summed E-state index contributed by atoms with van der Waals surface area (Å²) in [6.07, 6.45) is 5.23. The van der Waals surface area contributed by atoms with Gasteiger partial charge in [-0.15, -0.1) is 5.10 Å². The maximum absolute atomic E-state index is 11.8. The molecule has 1 aliphatic heterocycles. The predicted octanol–water partition coefficient (Wildman–Crippen LogP) is 0.414. The number of nitrogens with one attached hydrogen (secondary N) is 1. The third kappa shape index (κ3) is 3.23. The van der Waals surface area contributed by atoms with Gasteiger partial charge >= 0.3 is 0 Å². The number of hydrogen-bond acceptors (Lipinski definition) is 6. The van der Waals surface area contributed by atoms with E-state index in [1.807, 2.05) is 29.9 Å². The minimum atomic E-state index is -0.0929. The lowest BCUT2D eigenvalue weighted by Crippen LogP contribution is -2.36. The van der Waals surface area contributed by atoms with E-state index in [-0.39, 0.29) is 11.9 Å². The van der Waals surface area contributed by atoms with Gasteiger partial charge in [-0.25, -0.2) is 9.67 Å². The minimum Gasteiger partial charge on any atom is -0.353 e. The zero-order chi connectivity index (χ0) is 17.1. The first-order valence-electron chi connectivity index (χ1n) is 8.11. The topological polar surface area (TPSA) is 79.2 Å². The smallest absolute Gasteiger partial charge is 0.252 e. The molecule has 2 aromatic heterocycles. The second-order valence-electron chi connectivity index (χ2n) is 6.15. The average Bonchev–Trinajstić information content (AvgIpc) is 3.24. The van der Waals surface area contributed by atoms with Gasteiger partial charge in [0.15, 0.2) is 0 Å². The van der Waals surface area contributed by atoms with Crippen molar-refractivity contribution in [1.82, 2.24) is 30.2 Å². The third-order valence-corrected chi connectivity index (χ3v) is 4.37. The molecule has 128 valence electrons. The lowest BCUT2D eigenvalue weighted by Gasteiger charge is -2.24. The van der Waals surface area contributed by atoms with Gasteiger partial charge in [-0.2, -0.15) is 0 Å². The van der Waals surface area contributed by atoms with Crippen LogP contribution in [-0.4, -0.2) is 70.6 Å². The molecule has 0 spiro atoms. The summed E-state index contributed by atoms with van der Waals surface area (Å²) in [7, 11) is 4.15. The molecule has 8 heteroatoms. The van der Waals surface area contributed by atoms with Gasteiger partial charge in [-0.1, -0.05) is 5.21 Å². The Morgan fingerprint density at radius 3 is 2.79 bits per heavy atom. The van der Waals surface area contributed by atoms with E-state index >= 15 is 0 Å². The quantitative estimate of drug-likeness (QED) is 0.856. The summed E-state index contributed by atoms with van der Waals surface area (Å²) in [5.41, 5.74) is 0.580. The SMILES string of the molecule is CCNC(=O)c1ccc(N2C[C@@H](N(C)C)[C@@H](n3ccnn3)C2)nc1. The molecule has 0 bridgehead atoms. The number of hydrogen-bond donors (Lipinski definition) is 1. The fourth-order valence-corrected chi connectivity index (χ4v) is 3.09. The normalized spacial score (nSPS) is 20.6. The fourth-order valence-electron chi connectivity index (χ4n) is 3.09. The molecule has 1 amide bonds. The van der Waals surface area contributed by atoms with Gasteiger partial charge < -0.3 is 15.1 Å². The average molecular weight is 329 g/mol. The van der Waals surface area contributed by atoms with Crippen LogP contribution in [-0.2, 0) is 0 Å². The van der Waals surface area contributed by atoms with Gasteiger partial charge in [0.2, 0.25) is 0 Å². The summed E-state index contributed by atoms with van der Waals surface area (Å²) in [4.78, 5) is 20.7. The molecule has 1 N–H and O–H groups in total. The monoisotopic (exact) mass is 329 g/mol. The Morgan fingerprint density at radius 2 is 2.21 bits per heavy atom. The van der Waals surface area contributed by atoms with Crippen molar-refractivity contribution in [3.8, 4) is 0 Å². The van der Waals surface area contributed by atoms with Crippen molar-refractivity contribution < 1.29 is 4.79 Å². The molecular formula is C16H23N7O. The molecule has 24 heavy (non-hydrogen) atoms. The van der Waals surface area contributed by atoms with Crippen molar-refractivity contribution in [3.63, 3.8) is 0 Å². The Morgan fingerprint density at radius 1 is 1.38 bits per heavy atom. The van der Waals surface area contributed by atoms with Crippen LogP contribution in [0.3, 0.4) is 0 Å². The van der Waals surface area contributed by atoms with E-state index in [9.17, 15) is 4.79 Å². The summed E-state index contributed by atoms with van der Waals surface area (Å²) in [6, 6.07) is 4.26. The Labute approximate surface area is 141 Å². The van der Waals surface area contributed by atoms with E-state index in [1.165, 1.54) is 0 Å². The van der Waals surface area contributed by atoms with E-state index in [2.05, 4.69) is 44.5 Å². The Bertz CT molecular complexity index is 668. The molecule has 8 nitrogen and oxygen atoms in total. The number of aromatic nitrogens is 4. The summed E-state index contributed by atoms with van der Waals surface area (Å²) in [6.45, 7) is 4.16. The number of likely N-dealkylation sites (N-methyl/N-ethyl adjacent to an activating group) is 1. The molecule has 0 saturated carbocycles. The number of rotatable bonds is 5. The third-order valence-electron chi connectivity index (χ3n) is 4.37. The number of carbonyl (C=O) groups is 1. The standard InChI is InChI=1S/C16H23N7O/c1-4-17-16(24)12-5-6-15(18-9-12)22-10-13(21(2)3)14(11-22)23-8-7-19-20-23/h5-9,13-14H,4,10-11H2,1-3H3,(H,17,24)/t13-,14+/m1/s1. The van der Waals surface area contributed by atoms with Gasteiger partial charge in [0.25, 0.3) is 5.91 Å². The zero-order valence-corrected chi connectivity index (χ0v) is 14.3. The summed E-state index contributed by atoms with van der Waals surface area (Å²) < 4.78 is 1.91. The Balaban J connectivity index is 1.77. The highest BCUT2D eigenvalue weighted by atomic mass is 16.1. The van der Waals surface area contributed by atoms with Crippen LogP contribution in [0.2, 0.25) is 0 Å². The van der Waals surface area contributed by atoms with Gasteiger partial charge in [-0.3, -0.25) is 4.79 Å². The van der Waals surface area contributed by atoms with E-state index < -0.39 is 0 Å². The van der Waals surface area contributed by atoms with E-state index in [4.69, 9.17) is 0 Å². The minimum absolute atomic E-state index is 0.0929. The molecule has 0 aliphatic carbocycles. The first kappa shape index (κ1) is 16.4. The molecule has 0 radical (unpaired) electrons. The molecule has 0 unspecified atom stereocenters. The van der Waals surface area contributed by atoms with Gasteiger partial charge in [0, 0.05) is 32.0 Å². The Hall–Kier alpha value is -2.48. The van der Waals surface area contributed by atoms with Crippen molar-refractivity contribution in [3.05, 3.63) is 36.3 Å². The van der Waals surface area contributed by atoms with Crippen molar-refractivity contribution in [2.45, 2.75) is 19.0 Å². The van der Waals surface area contributed by atoms with E-state index in [0.717, 1.165) is 18.9 Å². The van der Waals surface area contributed by atoms with Crippen molar-refractivity contribution in [2.24, 2.45) is 0 Å². The number of anilines is 1. The number of amides is 1. The second kappa shape index (κ2) is 6.96. The molecule has 1 fully saturated rings. The highest BCUT2D eigenvalue weighted by molar-refractivity contribution is 5.94. The van der Waals surface area contributed by atoms with Crippen LogP contribution in [0.1, 0.15) is 23.3 Å². The van der Waals surface area contributed by atoms with E-state index in [0.29, 0.717) is 18.2 Å². The fraction of sp³-hybridized carbons (Fsp3) is 0.500. The molecule has 0 aromatic carbocycles. The molecule has 3 heterocycles. The molecule has 1 saturated heterocycles. The molecule has 2 aromatic rings. The van der Waals surface area contributed by atoms with Crippen molar-refractivity contribution in [1.29, 1.82) is 0 Å². The van der Waals surface area contributed by atoms with Crippen LogP contribution >= 0.6 is 0 Å². The van der Waals surface area contributed by atoms with Gasteiger partial charge in [0.05, 0.1) is 23.8 Å². The highest BCUT2D eigenvalue weighted by Gasteiger charge is 2.36. The first-order chi connectivity index (χ1) is 11.6. The zero-order valence-electron chi connectivity index (χ0n) is 14.3. The first-order valence-corrected chi connectivity index (χ1v) is 8.11. The van der Waals surface area contributed by atoms with Crippen molar-refractivity contribution in [2.75, 3.05) is 38.6 Å². The van der Waals surface area contributed by atoms with Crippen LogP contribution in [0.15, 0.2) is 30.7 Å². The van der Waals surface area contributed by atoms with Gasteiger partial charge in [-0.05, 0) is 33.2 Å². The van der Waals surface area contributed by atoms with Crippen molar-refractivity contribution >= 4 is 11.7 Å². The van der Waals surface area contributed by atoms with E-state index in [1.54, 1.807) is 12.4 Å². The number of nitrogens with zero attached hydrogens (tertiary/aromatic N) is 6.